The van der Waals surface area contributed by atoms with Gasteiger partial charge in [0.25, 0.3) is 0 Å². The van der Waals surface area contributed by atoms with Gasteiger partial charge in [0.05, 0.1) is 29.8 Å². The van der Waals surface area contributed by atoms with Crippen LogP contribution in [0.15, 0.2) is 48.7 Å². The van der Waals surface area contributed by atoms with Gasteiger partial charge in [-0.15, -0.1) is 0 Å². The number of aryl methyl sites for hydroxylation is 1. The van der Waals surface area contributed by atoms with E-state index in [0.717, 1.165) is 48.5 Å². The lowest BCUT2D eigenvalue weighted by molar-refractivity contribution is -0.122. The van der Waals surface area contributed by atoms with E-state index in [1.807, 2.05) is 30.3 Å². The number of piperidine rings is 1. The zero-order valence-corrected chi connectivity index (χ0v) is 15.6. The molecule has 6 heteroatoms. The summed E-state index contributed by atoms with van der Waals surface area (Å²) in [5, 5.41) is 2.97. The minimum atomic E-state index is 0.0475. The van der Waals surface area contributed by atoms with Gasteiger partial charge in [0, 0.05) is 25.7 Å². The highest BCUT2D eigenvalue weighted by Gasteiger charge is 2.26. The minimum Gasteiger partial charge on any atom is -0.349 e. The van der Waals surface area contributed by atoms with E-state index in [1.54, 1.807) is 6.20 Å². The Morgan fingerprint density at radius 2 is 2.07 bits per heavy atom. The second kappa shape index (κ2) is 7.88. The van der Waals surface area contributed by atoms with Crippen LogP contribution in [0.25, 0.3) is 11.0 Å². The lowest BCUT2D eigenvalue weighted by Crippen LogP contribution is -2.42. The molecule has 1 aromatic carbocycles. The Balaban J connectivity index is 1.37. The normalized spacial score (nSPS) is 17.9. The second-order valence-corrected chi connectivity index (χ2v) is 7.19. The van der Waals surface area contributed by atoms with Gasteiger partial charge in [-0.1, -0.05) is 18.2 Å². The number of fused-ring (bicyclic) bond motifs is 1. The van der Waals surface area contributed by atoms with Gasteiger partial charge in [0.2, 0.25) is 5.91 Å². The van der Waals surface area contributed by atoms with Crippen LogP contribution in [0.3, 0.4) is 0 Å². The predicted molar refractivity (Wildman–Crippen MR) is 105 cm³/mol. The van der Waals surface area contributed by atoms with Crippen LogP contribution in [0.1, 0.15) is 30.3 Å². The standard InChI is InChI=1S/C21H25N5O/c1-25-19-10-3-2-9-18(19)24-21(25)16-7-6-12-26(14-16)15-20(27)23-13-17-8-4-5-11-22-17/h2-5,8-11,16H,6-7,12-15H2,1H3,(H,23,27)/t16-/m1/s1. The summed E-state index contributed by atoms with van der Waals surface area (Å²) in [6.45, 7) is 2.72. The molecule has 140 valence electrons. The number of hydrogen-bond donors (Lipinski definition) is 1. The summed E-state index contributed by atoms with van der Waals surface area (Å²) in [6.07, 6.45) is 3.94. The number of carbonyl (C=O) groups is 1. The third-order valence-corrected chi connectivity index (χ3v) is 5.25. The molecule has 1 amide bonds. The summed E-state index contributed by atoms with van der Waals surface area (Å²) in [6, 6.07) is 14.0. The van der Waals surface area contributed by atoms with Gasteiger partial charge in [-0.05, 0) is 43.7 Å². The number of hydrogen-bond acceptors (Lipinski definition) is 4. The molecule has 0 bridgehead atoms. The molecule has 3 heterocycles. The van der Waals surface area contributed by atoms with Crippen LogP contribution >= 0.6 is 0 Å². The van der Waals surface area contributed by atoms with Crippen molar-refractivity contribution in [3.8, 4) is 0 Å². The molecule has 1 saturated heterocycles. The molecule has 1 aliphatic heterocycles. The summed E-state index contributed by atoms with van der Waals surface area (Å²) in [7, 11) is 2.09. The molecule has 1 atom stereocenters. The summed E-state index contributed by atoms with van der Waals surface area (Å²) in [5.41, 5.74) is 3.08. The average Bonchev–Trinajstić information content (AvgIpc) is 3.04. The van der Waals surface area contributed by atoms with Gasteiger partial charge in [-0.2, -0.15) is 0 Å². The molecule has 27 heavy (non-hydrogen) atoms. The fourth-order valence-electron chi connectivity index (χ4n) is 3.89. The van der Waals surface area contributed by atoms with Crippen molar-refractivity contribution in [3.63, 3.8) is 0 Å². The number of benzene rings is 1. The number of rotatable bonds is 5. The van der Waals surface area contributed by atoms with Crippen LogP contribution in [0.5, 0.6) is 0 Å². The summed E-state index contributed by atoms with van der Waals surface area (Å²) < 4.78 is 2.20. The fraction of sp³-hybridized carbons (Fsp3) is 0.381. The minimum absolute atomic E-state index is 0.0475. The Labute approximate surface area is 159 Å². The van der Waals surface area contributed by atoms with Crippen molar-refractivity contribution in [2.45, 2.75) is 25.3 Å². The maximum Gasteiger partial charge on any atom is 0.234 e. The Hall–Kier alpha value is -2.73. The van der Waals surface area contributed by atoms with Crippen LogP contribution in [0, 0.1) is 0 Å². The number of amides is 1. The third kappa shape index (κ3) is 4.01. The molecule has 1 N–H and O–H groups in total. The lowest BCUT2D eigenvalue weighted by Gasteiger charge is -2.31. The van der Waals surface area contributed by atoms with Gasteiger partial charge < -0.3 is 9.88 Å². The van der Waals surface area contributed by atoms with Crippen LogP contribution in [0.2, 0.25) is 0 Å². The van der Waals surface area contributed by atoms with Crippen LogP contribution in [-0.2, 0) is 18.4 Å². The Morgan fingerprint density at radius 3 is 2.89 bits per heavy atom. The fourth-order valence-corrected chi connectivity index (χ4v) is 3.89. The van der Waals surface area contributed by atoms with E-state index in [-0.39, 0.29) is 5.91 Å². The molecule has 4 rings (SSSR count). The molecule has 0 radical (unpaired) electrons. The van der Waals surface area contributed by atoms with Crippen molar-refractivity contribution in [2.24, 2.45) is 7.05 Å². The summed E-state index contributed by atoms with van der Waals surface area (Å²) in [5.74, 6) is 1.53. The zero-order valence-electron chi connectivity index (χ0n) is 15.6. The number of nitrogens with zero attached hydrogens (tertiary/aromatic N) is 4. The SMILES string of the molecule is Cn1c([C@@H]2CCCN(CC(=O)NCc3ccccn3)C2)nc2ccccc21. The predicted octanol–water partition coefficient (Wildman–Crippen LogP) is 2.46. The number of aromatic nitrogens is 3. The van der Waals surface area contributed by atoms with Crippen molar-refractivity contribution >= 4 is 16.9 Å². The molecule has 0 spiro atoms. The molecule has 2 aromatic heterocycles. The van der Waals surface area contributed by atoms with E-state index in [2.05, 4.69) is 38.9 Å². The number of para-hydroxylation sites is 2. The highest BCUT2D eigenvalue weighted by molar-refractivity contribution is 5.78. The van der Waals surface area contributed by atoms with Crippen molar-refractivity contribution in [1.82, 2.24) is 24.8 Å². The van der Waals surface area contributed by atoms with Crippen LogP contribution in [-0.4, -0.2) is 45.0 Å². The molecule has 0 saturated carbocycles. The number of pyridine rings is 1. The van der Waals surface area contributed by atoms with Gasteiger partial charge in [0.15, 0.2) is 0 Å². The second-order valence-electron chi connectivity index (χ2n) is 7.19. The van der Waals surface area contributed by atoms with Crippen LogP contribution in [0.4, 0.5) is 0 Å². The van der Waals surface area contributed by atoms with Crippen LogP contribution < -0.4 is 5.32 Å². The highest BCUT2D eigenvalue weighted by Crippen LogP contribution is 2.28. The largest absolute Gasteiger partial charge is 0.349 e. The first kappa shape index (κ1) is 17.7. The summed E-state index contributed by atoms with van der Waals surface area (Å²) >= 11 is 0. The van der Waals surface area contributed by atoms with E-state index in [0.29, 0.717) is 19.0 Å². The van der Waals surface area contributed by atoms with Crippen molar-refractivity contribution in [1.29, 1.82) is 0 Å². The molecular weight excluding hydrogens is 338 g/mol. The van der Waals surface area contributed by atoms with Gasteiger partial charge in [-0.3, -0.25) is 14.7 Å². The van der Waals surface area contributed by atoms with Crippen molar-refractivity contribution in [2.75, 3.05) is 19.6 Å². The number of likely N-dealkylation sites (tertiary alicyclic amines) is 1. The average molecular weight is 363 g/mol. The maximum atomic E-state index is 12.3. The molecule has 0 aliphatic carbocycles. The third-order valence-electron chi connectivity index (χ3n) is 5.25. The first-order chi connectivity index (χ1) is 13.2. The topological polar surface area (TPSA) is 63.1 Å². The number of nitrogens with one attached hydrogen (secondary N) is 1. The smallest absolute Gasteiger partial charge is 0.234 e. The van der Waals surface area contributed by atoms with Gasteiger partial charge in [0.1, 0.15) is 5.82 Å². The quantitative estimate of drug-likeness (QED) is 0.756. The molecule has 1 fully saturated rings. The Kier molecular flexibility index (Phi) is 5.16. The first-order valence-corrected chi connectivity index (χ1v) is 9.51. The van der Waals surface area contributed by atoms with Gasteiger partial charge in [-0.25, -0.2) is 4.98 Å². The van der Waals surface area contributed by atoms with Gasteiger partial charge >= 0.3 is 0 Å². The van der Waals surface area contributed by atoms with E-state index >= 15 is 0 Å². The highest BCUT2D eigenvalue weighted by atomic mass is 16.2. The van der Waals surface area contributed by atoms with E-state index < -0.39 is 0 Å². The van der Waals surface area contributed by atoms with E-state index in [9.17, 15) is 4.79 Å². The molecule has 1 aliphatic rings. The molecule has 3 aromatic rings. The molecular formula is C21H25N5O. The summed E-state index contributed by atoms with van der Waals surface area (Å²) in [4.78, 5) is 23.7. The van der Waals surface area contributed by atoms with E-state index in [1.165, 1.54) is 0 Å². The first-order valence-electron chi connectivity index (χ1n) is 9.51. The molecule has 6 nitrogen and oxygen atoms in total. The lowest BCUT2D eigenvalue weighted by atomic mass is 9.97. The Morgan fingerprint density at radius 1 is 1.22 bits per heavy atom. The molecule has 0 unspecified atom stereocenters. The van der Waals surface area contributed by atoms with Crippen molar-refractivity contribution in [3.05, 3.63) is 60.2 Å². The Bertz CT molecular complexity index is 921. The van der Waals surface area contributed by atoms with E-state index in [4.69, 9.17) is 4.98 Å². The monoisotopic (exact) mass is 363 g/mol. The van der Waals surface area contributed by atoms with Crippen molar-refractivity contribution < 1.29 is 4.79 Å². The number of carbonyl (C=O) groups excluding carboxylic acids is 1. The zero-order chi connectivity index (χ0) is 18.6. The number of imidazole rings is 1. The maximum absolute atomic E-state index is 12.3.